The standard InChI is InChI=1S/C15H29N/c1-12(2)7-8-13-5-3-4-6-14(13)11-16-15-9-10-15/h12-16H,3-11H2,1-2H3. The molecule has 94 valence electrons. The molecule has 2 saturated carbocycles. The maximum absolute atomic E-state index is 3.74. The van der Waals surface area contributed by atoms with Crippen LogP contribution in [0.15, 0.2) is 0 Å². The minimum atomic E-state index is 0.888. The summed E-state index contributed by atoms with van der Waals surface area (Å²) in [5.41, 5.74) is 0. The van der Waals surface area contributed by atoms with Crippen molar-refractivity contribution in [2.24, 2.45) is 17.8 Å². The first-order chi connectivity index (χ1) is 7.75. The van der Waals surface area contributed by atoms with Crippen LogP contribution < -0.4 is 5.32 Å². The lowest BCUT2D eigenvalue weighted by atomic mass is 9.76. The van der Waals surface area contributed by atoms with E-state index in [2.05, 4.69) is 19.2 Å². The molecule has 2 aliphatic rings. The molecule has 1 heteroatoms. The molecular weight excluding hydrogens is 194 g/mol. The second-order valence-electron chi connectivity index (χ2n) is 6.46. The predicted molar refractivity (Wildman–Crippen MR) is 70.5 cm³/mol. The first kappa shape index (κ1) is 12.4. The van der Waals surface area contributed by atoms with Gasteiger partial charge in [0.1, 0.15) is 0 Å². The summed E-state index contributed by atoms with van der Waals surface area (Å²) in [6, 6.07) is 0.896. The Balaban J connectivity index is 1.71. The molecule has 2 atom stereocenters. The lowest BCUT2D eigenvalue weighted by Gasteiger charge is -2.32. The third-order valence-corrected chi connectivity index (χ3v) is 4.43. The first-order valence-corrected chi connectivity index (χ1v) is 7.49. The van der Waals surface area contributed by atoms with Gasteiger partial charge in [0.2, 0.25) is 0 Å². The first-order valence-electron chi connectivity index (χ1n) is 7.49. The third-order valence-electron chi connectivity index (χ3n) is 4.43. The second kappa shape index (κ2) is 6.05. The largest absolute Gasteiger partial charge is 0.314 e. The fourth-order valence-electron chi connectivity index (χ4n) is 3.09. The van der Waals surface area contributed by atoms with Crippen molar-refractivity contribution in [2.75, 3.05) is 6.54 Å². The molecule has 1 N–H and O–H groups in total. The van der Waals surface area contributed by atoms with Crippen molar-refractivity contribution in [3.05, 3.63) is 0 Å². The van der Waals surface area contributed by atoms with E-state index in [1.165, 1.54) is 57.9 Å². The van der Waals surface area contributed by atoms with E-state index in [0.717, 1.165) is 23.8 Å². The third kappa shape index (κ3) is 4.08. The van der Waals surface area contributed by atoms with E-state index < -0.39 is 0 Å². The minimum absolute atomic E-state index is 0.888. The molecule has 2 unspecified atom stereocenters. The van der Waals surface area contributed by atoms with Crippen LogP contribution in [-0.2, 0) is 0 Å². The van der Waals surface area contributed by atoms with Gasteiger partial charge in [0.25, 0.3) is 0 Å². The highest BCUT2D eigenvalue weighted by Crippen LogP contribution is 2.34. The van der Waals surface area contributed by atoms with Gasteiger partial charge in [-0.25, -0.2) is 0 Å². The molecule has 0 radical (unpaired) electrons. The van der Waals surface area contributed by atoms with Crippen molar-refractivity contribution in [1.29, 1.82) is 0 Å². The van der Waals surface area contributed by atoms with E-state index in [4.69, 9.17) is 0 Å². The van der Waals surface area contributed by atoms with Crippen LogP contribution in [0.2, 0.25) is 0 Å². The average molecular weight is 223 g/mol. The maximum Gasteiger partial charge on any atom is 0.00683 e. The van der Waals surface area contributed by atoms with Crippen LogP contribution in [0.25, 0.3) is 0 Å². The van der Waals surface area contributed by atoms with Crippen LogP contribution in [-0.4, -0.2) is 12.6 Å². The Bertz CT molecular complexity index is 182. The summed E-state index contributed by atoms with van der Waals surface area (Å²) in [6.45, 7) is 6.04. The van der Waals surface area contributed by atoms with Gasteiger partial charge in [-0.1, -0.05) is 39.5 Å². The smallest absolute Gasteiger partial charge is 0.00683 e. The number of nitrogens with one attached hydrogen (secondary N) is 1. The molecule has 2 aliphatic carbocycles. The Kier molecular flexibility index (Phi) is 4.69. The SMILES string of the molecule is CC(C)CCC1CCCCC1CNC1CC1. The Morgan fingerprint density at radius 2 is 1.69 bits per heavy atom. The van der Waals surface area contributed by atoms with Gasteiger partial charge in [0.05, 0.1) is 0 Å². The second-order valence-corrected chi connectivity index (χ2v) is 6.46. The Morgan fingerprint density at radius 1 is 1.00 bits per heavy atom. The zero-order chi connectivity index (χ0) is 11.4. The fourth-order valence-corrected chi connectivity index (χ4v) is 3.09. The number of hydrogen-bond donors (Lipinski definition) is 1. The summed E-state index contributed by atoms with van der Waals surface area (Å²) in [4.78, 5) is 0. The zero-order valence-electron chi connectivity index (χ0n) is 11.2. The molecule has 0 aromatic carbocycles. The molecule has 0 aromatic heterocycles. The molecule has 0 aliphatic heterocycles. The summed E-state index contributed by atoms with van der Waals surface area (Å²) < 4.78 is 0. The van der Waals surface area contributed by atoms with Crippen LogP contribution in [0.3, 0.4) is 0 Å². The maximum atomic E-state index is 3.74. The van der Waals surface area contributed by atoms with Crippen molar-refractivity contribution in [3.63, 3.8) is 0 Å². The van der Waals surface area contributed by atoms with Crippen molar-refractivity contribution < 1.29 is 0 Å². The normalized spacial score (nSPS) is 30.9. The van der Waals surface area contributed by atoms with Gasteiger partial charge in [-0.15, -0.1) is 0 Å². The van der Waals surface area contributed by atoms with Crippen molar-refractivity contribution in [1.82, 2.24) is 5.32 Å². The van der Waals surface area contributed by atoms with E-state index in [9.17, 15) is 0 Å². The van der Waals surface area contributed by atoms with Crippen molar-refractivity contribution in [2.45, 2.75) is 71.3 Å². The van der Waals surface area contributed by atoms with Crippen LogP contribution in [0.1, 0.15) is 65.2 Å². The topological polar surface area (TPSA) is 12.0 Å². The lowest BCUT2D eigenvalue weighted by Crippen LogP contribution is -2.31. The van der Waals surface area contributed by atoms with Gasteiger partial charge in [0.15, 0.2) is 0 Å². The zero-order valence-corrected chi connectivity index (χ0v) is 11.2. The molecule has 2 rings (SSSR count). The quantitative estimate of drug-likeness (QED) is 0.718. The van der Waals surface area contributed by atoms with Gasteiger partial charge >= 0.3 is 0 Å². The Labute approximate surface area is 101 Å². The van der Waals surface area contributed by atoms with E-state index in [1.54, 1.807) is 0 Å². The van der Waals surface area contributed by atoms with Gasteiger partial charge in [0, 0.05) is 6.04 Å². The van der Waals surface area contributed by atoms with Crippen LogP contribution in [0, 0.1) is 17.8 Å². The molecule has 1 nitrogen and oxygen atoms in total. The monoisotopic (exact) mass is 223 g/mol. The number of rotatable bonds is 6. The highest BCUT2D eigenvalue weighted by atomic mass is 14.9. The van der Waals surface area contributed by atoms with Crippen LogP contribution in [0.4, 0.5) is 0 Å². The van der Waals surface area contributed by atoms with Gasteiger partial charge in [-0.05, 0) is 50.0 Å². The molecule has 0 aromatic rings. The van der Waals surface area contributed by atoms with E-state index >= 15 is 0 Å². The summed E-state index contributed by atoms with van der Waals surface area (Å²) in [5, 5.41) is 3.74. The summed E-state index contributed by atoms with van der Waals surface area (Å²) in [5.74, 6) is 2.91. The number of hydrogen-bond acceptors (Lipinski definition) is 1. The molecule has 0 saturated heterocycles. The molecule has 0 heterocycles. The van der Waals surface area contributed by atoms with Crippen LogP contribution >= 0.6 is 0 Å². The lowest BCUT2D eigenvalue weighted by molar-refractivity contribution is 0.207. The Morgan fingerprint density at radius 3 is 2.31 bits per heavy atom. The molecular formula is C15H29N. The van der Waals surface area contributed by atoms with E-state index in [-0.39, 0.29) is 0 Å². The molecule has 2 fully saturated rings. The average Bonchev–Trinajstić information content (AvgIpc) is 3.08. The highest BCUT2D eigenvalue weighted by molar-refractivity contribution is 4.84. The molecule has 0 amide bonds. The molecule has 0 spiro atoms. The summed E-state index contributed by atoms with van der Waals surface area (Å²) in [7, 11) is 0. The highest BCUT2D eigenvalue weighted by Gasteiger charge is 2.27. The summed E-state index contributed by atoms with van der Waals surface area (Å²) in [6.07, 6.45) is 11.7. The van der Waals surface area contributed by atoms with E-state index in [1.807, 2.05) is 0 Å². The fraction of sp³-hybridized carbons (Fsp3) is 1.00. The van der Waals surface area contributed by atoms with Gasteiger partial charge in [-0.2, -0.15) is 0 Å². The molecule has 0 bridgehead atoms. The predicted octanol–water partition coefficient (Wildman–Crippen LogP) is 3.98. The van der Waals surface area contributed by atoms with Gasteiger partial charge < -0.3 is 5.32 Å². The summed E-state index contributed by atoms with van der Waals surface area (Å²) >= 11 is 0. The van der Waals surface area contributed by atoms with Crippen molar-refractivity contribution >= 4 is 0 Å². The molecule has 16 heavy (non-hydrogen) atoms. The van der Waals surface area contributed by atoms with Crippen molar-refractivity contribution in [3.8, 4) is 0 Å². The minimum Gasteiger partial charge on any atom is -0.314 e. The van der Waals surface area contributed by atoms with Crippen LogP contribution in [0.5, 0.6) is 0 Å². The Hall–Kier alpha value is -0.0400. The van der Waals surface area contributed by atoms with E-state index in [0.29, 0.717) is 0 Å². The van der Waals surface area contributed by atoms with Gasteiger partial charge in [-0.3, -0.25) is 0 Å².